The number of rotatable bonds is 8. The highest BCUT2D eigenvalue weighted by molar-refractivity contribution is 5.38. The lowest BCUT2D eigenvalue weighted by atomic mass is 10.4. The Morgan fingerprint density at radius 1 is 1.19 bits per heavy atom. The Morgan fingerprint density at radius 2 is 1.95 bits per heavy atom. The van der Waals surface area contributed by atoms with Crippen LogP contribution in [0.4, 0.5) is 11.9 Å². The second-order valence-electron chi connectivity index (χ2n) is 4.43. The first kappa shape index (κ1) is 15.2. The molecule has 1 atom stereocenters. The fourth-order valence-corrected chi connectivity index (χ4v) is 1.75. The first-order valence-electron chi connectivity index (χ1n) is 7.06. The topological polar surface area (TPSA) is 89.8 Å². The molecule has 0 aliphatic heterocycles. The second kappa shape index (κ2) is 7.53. The van der Waals surface area contributed by atoms with E-state index in [1.165, 1.54) is 0 Å². The summed E-state index contributed by atoms with van der Waals surface area (Å²) in [6.07, 6.45) is 5.21. The molecule has 8 heteroatoms. The SMILES string of the molecule is CCNc1nc(NCC(C)OCC)nc(-n2ccnc2)n1. The van der Waals surface area contributed by atoms with Gasteiger partial charge >= 0.3 is 0 Å². The molecule has 0 bridgehead atoms. The van der Waals surface area contributed by atoms with Crippen LogP contribution in [0, 0.1) is 0 Å². The summed E-state index contributed by atoms with van der Waals surface area (Å²) in [7, 11) is 0. The van der Waals surface area contributed by atoms with Crippen LogP contribution in [0.15, 0.2) is 18.7 Å². The van der Waals surface area contributed by atoms with Crippen molar-refractivity contribution in [2.75, 3.05) is 30.3 Å². The van der Waals surface area contributed by atoms with Gasteiger partial charge in [-0.25, -0.2) is 4.98 Å². The van der Waals surface area contributed by atoms with Crippen molar-refractivity contribution < 1.29 is 4.74 Å². The van der Waals surface area contributed by atoms with Crippen LogP contribution in [0.2, 0.25) is 0 Å². The van der Waals surface area contributed by atoms with Crippen LogP contribution in [0.1, 0.15) is 20.8 Å². The van der Waals surface area contributed by atoms with E-state index in [-0.39, 0.29) is 6.10 Å². The van der Waals surface area contributed by atoms with E-state index < -0.39 is 0 Å². The highest BCUT2D eigenvalue weighted by atomic mass is 16.5. The second-order valence-corrected chi connectivity index (χ2v) is 4.43. The molecule has 114 valence electrons. The zero-order valence-electron chi connectivity index (χ0n) is 12.6. The molecule has 2 N–H and O–H groups in total. The quantitative estimate of drug-likeness (QED) is 0.758. The minimum atomic E-state index is 0.0889. The molecule has 0 aliphatic rings. The highest BCUT2D eigenvalue weighted by Gasteiger charge is 2.09. The van der Waals surface area contributed by atoms with Gasteiger partial charge in [-0.15, -0.1) is 0 Å². The van der Waals surface area contributed by atoms with Crippen molar-refractivity contribution in [1.29, 1.82) is 0 Å². The maximum Gasteiger partial charge on any atom is 0.241 e. The predicted octanol–water partition coefficient (Wildman–Crippen LogP) is 1.33. The average Bonchev–Trinajstić information content (AvgIpc) is 3.00. The van der Waals surface area contributed by atoms with Crippen molar-refractivity contribution in [1.82, 2.24) is 24.5 Å². The number of aromatic nitrogens is 5. The molecule has 0 amide bonds. The molecule has 0 aliphatic carbocycles. The molecular weight excluding hydrogens is 270 g/mol. The molecule has 1 unspecified atom stereocenters. The van der Waals surface area contributed by atoms with Crippen molar-refractivity contribution in [3.63, 3.8) is 0 Å². The van der Waals surface area contributed by atoms with Crippen LogP contribution < -0.4 is 10.6 Å². The monoisotopic (exact) mass is 291 g/mol. The summed E-state index contributed by atoms with van der Waals surface area (Å²) in [5.74, 6) is 1.56. The molecule has 2 aromatic heterocycles. The molecule has 0 fully saturated rings. The lowest BCUT2D eigenvalue weighted by molar-refractivity contribution is 0.0854. The third kappa shape index (κ3) is 4.38. The molecule has 2 aromatic rings. The van der Waals surface area contributed by atoms with Crippen LogP contribution in [0.3, 0.4) is 0 Å². The maximum atomic E-state index is 5.48. The molecule has 0 saturated carbocycles. The molecule has 2 heterocycles. The van der Waals surface area contributed by atoms with Gasteiger partial charge in [0.1, 0.15) is 6.33 Å². The number of nitrogens with zero attached hydrogens (tertiary/aromatic N) is 5. The minimum Gasteiger partial charge on any atom is -0.377 e. The van der Waals surface area contributed by atoms with Crippen molar-refractivity contribution in [3.8, 4) is 5.95 Å². The maximum absolute atomic E-state index is 5.48. The van der Waals surface area contributed by atoms with Gasteiger partial charge in [-0.1, -0.05) is 0 Å². The molecule has 0 spiro atoms. The standard InChI is InChI=1S/C13H21N7O/c1-4-15-11-17-12(16-8-10(3)21-5-2)19-13(18-11)20-7-6-14-9-20/h6-7,9-10H,4-5,8H2,1-3H3,(H2,15,16,17,18,19). The largest absolute Gasteiger partial charge is 0.377 e. The van der Waals surface area contributed by atoms with Gasteiger partial charge < -0.3 is 15.4 Å². The van der Waals surface area contributed by atoms with Crippen LogP contribution >= 0.6 is 0 Å². The Bertz CT molecular complexity index is 543. The Hall–Kier alpha value is -2.22. The number of ether oxygens (including phenoxy) is 1. The Labute approximate surface area is 124 Å². The Kier molecular flexibility index (Phi) is 5.44. The van der Waals surface area contributed by atoms with E-state index >= 15 is 0 Å². The summed E-state index contributed by atoms with van der Waals surface area (Å²) in [6.45, 7) is 8.02. The number of anilines is 2. The van der Waals surface area contributed by atoms with Gasteiger partial charge in [0.25, 0.3) is 0 Å². The third-order valence-electron chi connectivity index (χ3n) is 2.69. The Morgan fingerprint density at radius 3 is 2.57 bits per heavy atom. The zero-order chi connectivity index (χ0) is 15.1. The van der Waals surface area contributed by atoms with E-state index in [2.05, 4.69) is 30.6 Å². The molecule has 8 nitrogen and oxygen atoms in total. The molecule has 0 aromatic carbocycles. The van der Waals surface area contributed by atoms with Crippen molar-refractivity contribution >= 4 is 11.9 Å². The third-order valence-corrected chi connectivity index (χ3v) is 2.69. The first-order valence-corrected chi connectivity index (χ1v) is 7.06. The number of imidazole rings is 1. The van der Waals surface area contributed by atoms with Crippen LogP contribution in [0.25, 0.3) is 5.95 Å². The summed E-state index contributed by atoms with van der Waals surface area (Å²) in [5, 5.41) is 6.27. The molecule has 0 saturated heterocycles. The van der Waals surface area contributed by atoms with Gasteiger partial charge in [0, 0.05) is 32.1 Å². The van der Waals surface area contributed by atoms with E-state index in [9.17, 15) is 0 Å². The molecular formula is C13H21N7O. The smallest absolute Gasteiger partial charge is 0.241 e. The van der Waals surface area contributed by atoms with Gasteiger partial charge in [-0.3, -0.25) is 4.57 Å². The highest BCUT2D eigenvalue weighted by Crippen LogP contribution is 2.09. The van der Waals surface area contributed by atoms with E-state index in [4.69, 9.17) is 4.74 Å². The number of nitrogens with one attached hydrogen (secondary N) is 2. The normalized spacial score (nSPS) is 12.1. The van der Waals surface area contributed by atoms with Crippen molar-refractivity contribution in [2.45, 2.75) is 26.9 Å². The van der Waals surface area contributed by atoms with Crippen molar-refractivity contribution in [2.24, 2.45) is 0 Å². The lowest BCUT2D eigenvalue weighted by Gasteiger charge is -2.13. The van der Waals surface area contributed by atoms with Gasteiger partial charge in [0.2, 0.25) is 17.8 Å². The minimum absolute atomic E-state index is 0.0889. The van der Waals surface area contributed by atoms with Gasteiger partial charge in [-0.05, 0) is 20.8 Å². The summed E-state index contributed by atoms with van der Waals surface area (Å²) in [5.41, 5.74) is 0. The van der Waals surface area contributed by atoms with Crippen LogP contribution in [0.5, 0.6) is 0 Å². The van der Waals surface area contributed by atoms with Gasteiger partial charge in [-0.2, -0.15) is 15.0 Å². The van der Waals surface area contributed by atoms with Crippen molar-refractivity contribution in [3.05, 3.63) is 18.7 Å². The van der Waals surface area contributed by atoms with E-state index in [1.807, 2.05) is 20.8 Å². The summed E-state index contributed by atoms with van der Waals surface area (Å²) >= 11 is 0. The van der Waals surface area contributed by atoms with E-state index in [0.29, 0.717) is 31.0 Å². The number of hydrogen-bond acceptors (Lipinski definition) is 7. The molecule has 21 heavy (non-hydrogen) atoms. The Balaban J connectivity index is 2.16. The zero-order valence-corrected chi connectivity index (χ0v) is 12.6. The number of hydrogen-bond donors (Lipinski definition) is 2. The van der Waals surface area contributed by atoms with Crippen LogP contribution in [-0.2, 0) is 4.74 Å². The fourth-order valence-electron chi connectivity index (χ4n) is 1.75. The van der Waals surface area contributed by atoms with Gasteiger partial charge in [0.05, 0.1) is 6.10 Å². The summed E-state index contributed by atoms with van der Waals surface area (Å²) in [6, 6.07) is 0. The van der Waals surface area contributed by atoms with E-state index in [0.717, 1.165) is 6.54 Å². The average molecular weight is 291 g/mol. The predicted molar refractivity (Wildman–Crippen MR) is 80.7 cm³/mol. The van der Waals surface area contributed by atoms with Gasteiger partial charge in [0.15, 0.2) is 0 Å². The lowest BCUT2D eigenvalue weighted by Crippen LogP contribution is -2.21. The molecule has 2 rings (SSSR count). The fraction of sp³-hybridized carbons (Fsp3) is 0.538. The van der Waals surface area contributed by atoms with Crippen LogP contribution in [-0.4, -0.2) is 50.3 Å². The molecule has 0 radical (unpaired) electrons. The summed E-state index contributed by atoms with van der Waals surface area (Å²) in [4.78, 5) is 17.1. The summed E-state index contributed by atoms with van der Waals surface area (Å²) < 4.78 is 7.22. The van der Waals surface area contributed by atoms with E-state index in [1.54, 1.807) is 23.3 Å². The first-order chi connectivity index (χ1) is 10.2.